The molecule has 4 rings (SSSR count). The number of nitrogens with zero attached hydrogens (tertiary/aromatic N) is 4. The molecule has 7 heteroatoms. The Kier molecular flexibility index (Phi) is 6.28. The Balaban J connectivity index is 1.52. The van der Waals surface area contributed by atoms with Crippen molar-refractivity contribution in [1.82, 2.24) is 14.5 Å². The molecule has 0 N–H and O–H groups in total. The average molecular weight is 431 g/mol. The van der Waals surface area contributed by atoms with Gasteiger partial charge in [0, 0.05) is 59.9 Å². The number of imidazole rings is 1. The standard InChI is InChI=1S/C22H24Cl2N4O/c1-26-10-12-28(13-11-26)18-3-5-19(6-4-18)29-22(15-27-9-8-25-16-27)20-7-2-17(23)14-21(20)24/h2-9,14,16,22H,10-13,15H2,1H3. The molecule has 3 aromatic rings. The van der Waals surface area contributed by atoms with E-state index in [1.165, 1.54) is 5.69 Å². The van der Waals surface area contributed by atoms with Crippen molar-refractivity contribution in [2.45, 2.75) is 12.6 Å². The van der Waals surface area contributed by atoms with Crippen molar-refractivity contribution in [2.75, 3.05) is 38.1 Å². The lowest BCUT2D eigenvalue weighted by Gasteiger charge is -2.34. The van der Waals surface area contributed by atoms with E-state index in [0.29, 0.717) is 16.6 Å². The van der Waals surface area contributed by atoms with Crippen LogP contribution in [0.1, 0.15) is 11.7 Å². The maximum absolute atomic E-state index is 6.47. The number of aromatic nitrogens is 2. The van der Waals surface area contributed by atoms with Crippen LogP contribution < -0.4 is 9.64 Å². The van der Waals surface area contributed by atoms with E-state index in [-0.39, 0.29) is 6.10 Å². The Morgan fingerprint density at radius 1 is 1.03 bits per heavy atom. The van der Waals surface area contributed by atoms with E-state index < -0.39 is 0 Å². The molecular weight excluding hydrogens is 407 g/mol. The summed E-state index contributed by atoms with van der Waals surface area (Å²) < 4.78 is 8.33. The van der Waals surface area contributed by atoms with Crippen LogP contribution in [0.4, 0.5) is 5.69 Å². The summed E-state index contributed by atoms with van der Waals surface area (Å²) >= 11 is 12.5. The number of rotatable bonds is 6. The first-order chi connectivity index (χ1) is 14.1. The van der Waals surface area contributed by atoms with E-state index in [1.54, 1.807) is 18.6 Å². The molecule has 0 aliphatic carbocycles. The predicted octanol–water partition coefficient (Wildman–Crippen LogP) is 4.76. The Hall–Kier alpha value is -2.21. The van der Waals surface area contributed by atoms with Gasteiger partial charge in [-0.3, -0.25) is 0 Å². The molecular formula is C22H24Cl2N4O. The lowest BCUT2D eigenvalue weighted by atomic mass is 10.1. The van der Waals surface area contributed by atoms with Crippen molar-refractivity contribution in [3.05, 3.63) is 76.8 Å². The number of anilines is 1. The third-order valence-corrected chi connectivity index (χ3v) is 5.79. The summed E-state index contributed by atoms with van der Waals surface area (Å²) in [4.78, 5) is 8.88. The third kappa shape index (κ3) is 5.04. The van der Waals surface area contributed by atoms with Gasteiger partial charge in [0.2, 0.25) is 0 Å². The fourth-order valence-corrected chi connectivity index (χ4v) is 4.04. The zero-order valence-electron chi connectivity index (χ0n) is 16.3. The van der Waals surface area contributed by atoms with E-state index in [1.807, 2.05) is 35.0 Å². The minimum atomic E-state index is -0.261. The van der Waals surface area contributed by atoms with E-state index in [4.69, 9.17) is 27.9 Å². The highest BCUT2D eigenvalue weighted by Crippen LogP contribution is 2.32. The molecule has 2 aromatic carbocycles. The Bertz CT molecular complexity index is 922. The molecule has 0 radical (unpaired) electrons. The van der Waals surface area contributed by atoms with Crippen molar-refractivity contribution >= 4 is 28.9 Å². The largest absolute Gasteiger partial charge is 0.484 e. The minimum Gasteiger partial charge on any atom is -0.484 e. The highest BCUT2D eigenvalue weighted by Gasteiger charge is 2.19. The number of likely N-dealkylation sites (N-methyl/N-ethyl adjacent to an activating group) is 1. The van der Waals surface area contributed by atoms with Crippen molar-refractivity contribution in [1.29, 1.82) is 0 Å². The number of ether oxygens (including phenoxy) is 1. The minimum absolute atomic E-state index is 0.261. The highest BCUT2D eigenvalue weighted by molar-refractivity contribution is 6.35. The maximum Gasteiger partial charge on any atom is 0.143 e. The second-order valence-corrected chi connectivity index (χ2v) is 8.16. The van der Waals surface area contributed by atoms with Crippen LogP contribution in [0, 0.1) is 0 Å². The molecule has 1 atom stereocenters. The van der Waals surface area contributed by atoms with Crippen LogP contribution in [0.5, 0.6) is 5.75 Å². The smallest absolute Gasteiger partial charge is 0.143 e. The lowest BCUT2D eigenvalue weighted by molar-refractivity contribution is 0.183. The first kappa shape index (κ1) is 20.1. The molecule has 2 heterocycles. The van der Waals surface area contributed by atoms with E-state index >= 15 is 0 Å². The van der Waals surface area contributed by atoms with Gasteiger partial charge in [-0.15, -0.1) is 0 Å². The summed E-state index contributed by atoms with van der Waals surface area (Å²) in [6.07, 6.45) is 5.18. The molecule has 1 aliphatic heterocycles. The third-order valence-electron chi connectivity index (χ3n) is 5.23. The van der Waals surface area contributed by atoms with Crippen molar-refractivity contribution in [2.24, 2.45) is 0 Å². The fourth-order valence-electron chi connectivity index (χ4n) is 3.51. The number of piperazine rings is 1. The van der Waals surface area contributed by atoms with Gasteiger partial charge in [-0.05, 0) is 43.4 Å². The molecule has 152 valence electrons. The first-order valence-corrected chi connectivity index (χ1v) is 10.4. The van der Waals surface area contributed by atoms with Crippen LogP contribution in [0.3, 0.4) is 0 Å². The van der Waals surface area contributed by atoms with Crippen LogP contribution in [-0.2, 0) is 6.54 Å². The molecule has 0 bridgehead atoms. The van der Waals surface area contributed by atoms with E-state index in [2.05, 4.69) is 34.0 Å². The molecule has 0 amide bonds. The second kappa shape index (κ2) is 9.08. The topological polar surface area (TPSA) is 33.5 Å². The maximum atomic E-state index is 6.47. The summed E-state index contributed by atoms with van der Waals surface area (Å²) in [7, 11) is 2.16. The molecule has 1 aromatic heterocycles. The Labute approximate surface area is 181 Å². The van der Waals surface area contributed by atoms with Gasteiger partial charge in [0.15, 0.2) is 0 Å². The van der Waals surface area contributed by atoms with E-state index in [9.17, 15) is 0 Å². The Morgan fingerprint density at radius 3 is 2.45 bits per heavy atom. The molecule has 0 spiro atoms. The second-order valence-electron chi connectivity index (χ2n) is 7.32. The summed E-state index contributed by atoms with van der Waals surface area (Å²) in [5, 5.41) is 1.20. The van der Waals surface area contributed by atoms with Crippen LogP contribution in [0.2, 0.25) is 10.0 Å². The van der Waals surface area contributed by atoms with Gasteiger partial charge in [0.25, 0.3) is 0 Å². The van der Waals surface area contributed by atoms with E-state index in [0.717, 1.165) is 37.5 Å². The molecule has 1 saturated heterocycles. The molecule has 1 aliphatic rings. The Morgan fingerprint density at radius 2 is 1.79 bits per heavy atom. The molecule has 1 unspecified atom stereocenters. The van der Waals surface area contributed by atoms with Crippen LogP contribution >= 0.6 is 23.2 Å². The number of halogens is 2. The summed E-state index contributed by atoms with van der Waals surface area (Å²) in [6.45, 7) is 4.85. The van der Waals surface area contributed by atoms with Crippen molar-refractivity contribution in [3.8, 4) is 5.75 Å². The van der Waals surface area contributed by atoms with Gasteiger partial charge in [-0.25, -0.2) is 4.98 Å². The predicted molar refractivity (Wildman–Crippen MR) is 118 cm³/mol. The van der Waals surface area contributed by atoms with Gasteiger partial charge < -0.3 is 19.1 Å². The summed E-state index contributed by atoms with van der Waals surface area (Å²) in [6, 6.07) is 13.8. The number of hydrogen-bond donors (Lipinski definition) is 0. The van der Waals surface area contributed by atoms with Crippen molar-refractivity contribution < 1.29 is 4.74 Å². The molecule has 5 nitrogen and oxygen atoms in total. The van der Waals surface area contributed by atoms with Gasteiger partial charge in [0.05, 0.1) is 12.9 Å². The first-order valence-electron chi connectivity index (χ1n) is 9.69. The summed E-state index contributed by atoms with van der Waals surface area (Å²) in [5.74, 6) is 0.805. The van der Waals surface area contributed by atoms with Crippen LogP contribution in [-0.4, -0.2) is 47.7 Å². The fraction of sp³-hybridized carbons (Fsp3) is 0.318. The zero-order valence-corrected chi connectivity index (χ0v) is 17.9. The summed E-state index contributed by atoms with van der Waals surface area (Å²) in [5.41, 5.74) is 2.12. The van der Waals surface area contributed by atoms with Crippen LogP contribution in [0.15, 0.2) is 61.2 Å². The van der Waals surface area contributed by atoms with Gasteiger partial charge >= 0.3 is 0 Å². The van der Waals surface area contributed by atoms with Gasteiger partial charge in [-0.1, -0.05) is 29.3 Å². The molecule has 0 saturated carbocycles. The molecule has 29 heavy (non-hydrogen) atoms. The van der Waals surface area contributed by atoms with Crippen LogP contribution in [0.25, 0.3) is 0 Å². The number of benzene rings is 2. The normalized spacial score (nSPS) is 16.0. The highest BCUT2D eigenvalue weighted by atomic mass is 35.5. The lowest BCUT2D eigenvalue weighted by Crippen LogP contribution is -2.44. The average Bonchev–Trinajstić information content (AvgIpc) is 3.22. The van der Waals surface area contributed by atoms with Crippen molar-refractivity contribution in [3.63, 3.8) is 0 Å². The van der Waals surface area contributed by atoms with Gasteiger partial charge in [0.1, 0.15) is 11.9 Å². The van der Waals surface area contributed by atoms with Gasteiger partial charge in [-0.2, -0.15) is 0 Å². The molecule has 1 fully saturated rings. The SMILES string of the molecule is CN1CCN(c2ccc(OC(Cn3ccnc3)c3ccc(Cl)cc3Cl)cc2)CC1. The number of hydrogen-bond acceptors (Lipinski definition) is 4. The zero-order chi connectivity index (χ0) is 20.2. The quantitative estimate of drug-likeness (QED) is 0.564. The monoisotopic (exact) mass is 430 g/mol.